The molecule has 116 valence electrons. The Morgan fingerprint density at radius 1 is 0.913 bits per heavy atom. The molecule has 5 heteroatoms. The fourth-order valence-corrected chi connectivity index (χ4v) is 1.78. The summed E-state index contributed by atoms with van der Waals surface area (Å²) >= 11 is 0. The molecule has 3 rings (SSSR count). The van der Waals surface area contributed by atoms with Crippen LogP contribution in [0.5, 0.6) is 11.5 Å². The van der Waals surface area contributed by atoms with Crippen LogP contribution in [-0.4, -0.2) is 28.0 Å². The zero-order valence-corrected chi connectivity index (χ0v) is 12.6. The normalized spacial score (nSPS) is 9.43. The number of methoxy groups -OCH3 is 1. The molecular weight excluding hydrogens is 292 g/mol. The van der Waals surface area contributed by atoms with Crippen LogP contribution in [0, 0.1) is 0 Å². The van der Waals surface area contributed by atoms with Gasteiger partial charge in [-0.25, -0.2) is 0 Å². The monoisotopic (exact) mass is 308 g/mol. The molecule has 5 nitrogen and oxygen atoms in total. The highest BCUT2D eigenvalue weighted by Crippen LogP contribution is 2.16. The molecule has 0 aliphatic heterocycles. The summed E-state index contributed by atoms with van der Waals surface area (Å²) in [6, 6.07) is 13.5. The lowest BCUT2D eigenvalue weighted by Gasteiger charge is -1.98. The highest BCUT2D eigenvalue weighted by Gasteiger charge is 2.06. The summed E-state index contributed by atoms with van der Waals surface area (Å²) in [5, 5.41) is 8.86. The van der Waals surface area contributed by atoms with Gasteiger partial charge in [0.25, 0.3) is 0 Å². The van der Waals surface area contributed by atoms with Crippen LogP contribution in [0.25, 0.3) is 0 Å². The third-order valence-electron chi connectivity index (χ3n) is 2.94. The van der Waals surface area contributed by atoms with E-state index in [2.05, 4.69) is 9.97 Å². The molecule has 0 aliphatic rings. The number of aromatic hydroxyl groups is 1. The van der Waals surface area contributed by atoms with Crippen molar-refractivity contribution < 1.29 is 14.6 Å². The number of phenols is 1. The van der Waals surface area contributed by atoms with E-state index in [1.165, 1.54) is 0 Å². The maximum Gasteiger partial charge on any atom is 0.193 e. The fourth-order valence-electron chi connectivity index (χ4n) is 1.78. The Labute approximate surface area is 134 Å². The summed E-state index contributed by atoms with van der Waals surface area (Å²) in [6.45, 7) is 0. The number of pyridine rings is 2. The van der Waals surface area contributed by atoms with Crippen LogP contribution < -0.4 is 4.74 Å². The van der Waals surface area contributed by atoms with Crippen LogP contribution >= 0.6 is 0 Å². The highest BCUT2D eigenvalue weighted by molar-refractivity contribution is 6.08. The van der Waals surface area contributed by atoms with Gasteiger partial charge in [0.15, 0.2) is 5.78 Å². The van der Waals surface area contributed by atoms with Crippen LogP contribution in [0.1, 0.15) is 15.9 Å². The molecule has 0 saturated carbocycles. The molecular formula is C18H16N2O3. The van der Waals surface area contributed by atoms with Crippen molar-refractivity contribution >= 4 is 5.78 Å². The van der Waals surface area contributed by atoms with E-state index in [1.807, 2.05) is 0 Å². The topological polar surface area (TPSA) is 72.3 Å². The van der Waals surface area contributed by atoms with Crippen LogP contribution in [0.4, 0.5) is 0 Å². The lowest BCUT2D eigenvalue weighted by molar-refractivity contribution is 0.103. The van der Waals surface area contributed by atoms with E-state index < -0.39 is 0 Å². The minimum atomic E-state index is -0.00481. The lowest BCUT2D eigenvalue weighted by atomic mass is 10.1. The first-order valence-electron chi connectivity index (χ1n) is 6.88. The van der Waals surface area contributed by atoms with Gasteiger partial charge in [0.05, 0.1) is 7.11 Å². The van der Waals surface area contributed by atoms with Crippen molar-refractivity contribution in [3.63, 3.8) is 0 Å². The molecule has 1 aromatic carbocycles. The van der Waals surface area contributed by atoms with Gasteiger partial charge >= 0.3 is 0 Å². The van der Waals surface area contributed by atoms with Gasteiger partial charge in [-0.1, -0.05) is 6.07 Å². The SMILES string of the molecule is COc1cccc(O)c1.O=C(c1ccncc1)c1ccncc1. The molecule has 0 atom stereocenters. The van der Waals surface area contributed by atoms with E-state index in [1.54, 1.807) is 80.4 Å². The number of nitrogens with zero attached hydrogens (tertiary/aromatic N) is 2. The summed E-state index contributed by atoms with van der Waals surface area (Å²) in [4.78, 5) is 19.5. The molecule has 0 saturated heterocycles. The van der Waals surface area contributed by atoms with Gasteiger partial charge in [0.2, 0.25) is 0 Å². The minimum absolute atomic E-state index is 0.00481. The van der Waals surface area contributed by atoms with E-state index in [4.69, 9.17) is 9.84 Å². The van der Waals surface area contributed by atoms with Gasteiger partial charge in [0, 0.05) is 42.0 Å². The Hall–Kier alpha value is -3.21. The molecule has 23 heavy (non-hydrogen) atoms. The van der Waals surface area contributed by atoms with Crippen LogP contribution in [0.2, 0.25) is 0 Å². The van der Waals surface area contributed by atoms with Gasteiger partial charge in [-0.3, -0.25) is 14.8 Å². The summed E-state index contributed by atoms with van der Waals surface area (Å²) in [7, 11) is 1.56. The Morgan fingerprint density at radius 3 is 1.83 bits per heavy atom. The second kappa shape index (κ2) is 8.29. The van der Waals surface area contributed by atoms with E-state index in [9.17, 15) is 4.79 Å². The zero-order valence-electron chi connectivity index (χ0n) is 12.6. The fraction of sp³-hybridized carbons (Fsp3) is 0.0556. The summed E-state index contributed by atoms with van der Waals surface area (Å²) in [5.41, 5.74) is 1.29. The number of ether oxygens (including phenoxy) is 1. The van der Waals surface area contributed by atoms with Crippen molar-refractivity contribution in [1.82, 2.24) is 9.97 Å². The number of hydrogen-bond donors (Lipinski definition) is 1. The molecule has 0 fully saturated rings. The second-order valence-electron chi connectivity index (χ2n) is 4.50. The van der Waals surface area contributed by atoms with E-state index >= 15 is 0 Å². The Morgan fingerprint density at radius 2 is 1.43 bits per heavy atom. The Kier molecular flexibility index (Phi) is 5.82. The standard InChI is InChI=1S/C11H8N2O.C7H8O2/c14-11(9-1-5-12-6-2-9)10-3-7-13-8-4-10;1-9-7-4-2-3-6(8)5-7/h1-8H;2-5,8H,1H3. The van der Waals surface area contributed by atoms with Crippen LogP contribution in [-0.2, 0) is 0 Å². The van der Waals surface area contributed by atoms with E-state index in [-0.39, 0.29) is 11.5 Å². The van der Waals surface area contributed by atoms with E-state index in [0.29, 0.717) is 16.9 Å². The molecule has 0 amide bonds. The molecule has 2 aromatic heterocycles. The Bertz CT molecular complexity index is 705. The number of rotatable bonds is 3. The van der Waals surface area contributed by atoms with Gasteiger partial charge in [-0.15, -0.1) is 0 Å². The lowest BCUT2D eigenvalue weighted by Crippen LogP contribution is -2.00. The predicted octanol–water partition coefficient (Wildman–Crippen LogP) is 3.11. The number of phenolic OH excluding ortho intramolecular Hbond substituents is 1. The largest absolute Gasteiger partial charge is 0.508 e. The van der Waals surface area contributed by atoms with Gasteiger partial charge < -0.3 is 9.84 Å². The second-order valence-corrected chi connectivity index (χ2v) is 4.50. The average molecular weight is 308 g/mol. The zero-order chi connectivity index (χ0) is 16.5. The first-order valence-corrected chi connectivity index (χ1v) is 6.88. The smallest absolute Gasteiger partial charge is 0.193 e. The number of carbonyl (C=O) groups is 1. The highest BCUT2D eigenvalue weighted by atomic mass is 16.5. The molecule has 0 unspecified atom stereocenters. The third-order valence-corrected chi connectivity index (χ3v) is 2.94. The molecule has 0 radical (unpaired) electrons. The molecule has 1 N–H and O–H groups in total. The number of aromatic nitrogens is 2. The van der Waals surface area contributed by atoms with Crippen LogP contribution in [0.15, 0.2) is 73.3 Å². The van der Waals surface area contributed by atoms with Gasteiger partial charge in [-0.05, 0) is 36.4 Å². The number of carbonyl (C=O) groups excluding carboxylic acids is 1. The molecule has 2 heterocycles. The molecule has 0 spiro atoms. The predicted molar refractivity (Wildman–Crippen MR) is 86.6 cm³/mol. The van der Waals surface area contributed by atoms with Crippen molar-refractivity contribution in [3.8, 4) is 11.5 Å². The maximum atomic E-state index is 11.8. The molecule has 0 aliphatic carbocycles. The van der Waals surface area contributed by atoms with Crippen molar-refractivity contribution in [2.24, 2.45) is 0 Å². The van der Waals surface area contributed by atoms with Crippen molar-refractivity contribution in [1.29, 1.82) is 0 Å². The van der Waals surface area contributed by atoms with Crippen molar-refractivity contribution in [2.75, 3.05) is 7.11 Å². The summed E-state index contributed by atoms with van der Waals surface area (Å²) in [6.07, 6.45) is 6.42. The quantitative estimate of drug-likeness (QED) is 0.753. The average Bonchev–Trinajstić information content (AvgIpc) is 2.63. The molecule has 0 bridgehead atoms. The van der Waals surface area contributed by atoms with Gasteiger partial charge in [-0.2, -0.15) is 0 Å². The Balaban J connectivity index is 0.000000185. The number of benzene rings is 1. The van der Waals surface area contributed by atoms with Gasteiger partial charge in [0.1, 0.15) is 11.5 Å². The van der Waals surface area contributed by atoms with Crippen molar-refractivity contribution in [2.45, 2.75) is 0 Å². The van der Waals surface area contributed by atoms with Crippen LogP contribution in [0.3, 0.4) is 0 Å². The van der Waals surface area contributed by atoms with E-state index in [0.717, 1.165) is 0 Å². The maximum absolute atomic E-state index is 11.8. The van der Waals surface area contributed by atoms with Crippen molar-refractivity contribution in [3.05, 3.63) is 84.4 Å². The summed E-state index contributed by atoms with van der Waals surface area (Å²) < 4.78 is 4.84. The summed E-state index contributed by atoms with van der Waals surface area (Å²) in [5.74, 6) is 0.902. The number of ketones is 1. The minimum Gasteiger partial charge on any atom is -0.508 e. The third kappa shape index (κ3) is 4.93. The number of hydrogen-bond acceptors (Lipinski definition) is 5. The molecule has 3 aromatic rings. The first-order chi connectivity index (χ1) is 11.2. The first kappa shape index (κ1) is 16.2.